The van der Waals surface area contributed by atoms with Crippen molar-refractivity contribution in [2.24, 2.45) is 0 Å². The minimum Gasteiger partial charge on any atom is -0.376 e. The van der Waals surface area contributed by atoms with E-state index in [1.165, 1.54) is 24.6 Å². The average Bonchev–Trinajstić information content (AvgIpc) is 2.70. The fraction of sp³-hybridized carbons (Fsp3) is 0.333. The molecule has 2 amide bonds. The van der Waals surface area contributed by atoms with Crippen molar-refractivity contribution in [2.75, 3.05) is 17.2 Å². The Hall–Kier alpha value is -2.60. The third-order valence-corrected chi connectivity index (χ3v) is 5.03. The second kappa shape index (κ2) is 9.55. The van der Waals surface area contributed by atoms with Crippen LogP contribution in [0.5, 0.6) is 0 Å². The van der Waals surface area contributed by atoms with Crippen molar-refractivity contribution >= 4 is 34.8 Å². The fourth-order valence-corrected chi connectivity index (χ4v) is 3.39. The van der Waals surface area contributed by atoms with Gasteiger partial charge in [0.15, 0.2) is 0 Å². The number of hydrogen-bond acceptors (Lipinski definition) is 3. The molecule has 1 saturated carbocycles. The molecule has 3 rings (SSSR count). The monoisotopic (exact) mass is 403 g/mol. The summed E-state index contributed by atoms with van der Waals surface area (Å²) in [5, 5.41) is 8.69. The van der Waals surface area contributed by atoms with Crippen LogP contribution in [0.1, 0.15) is 42.5 Å². The molecule has 1 aliphatic rings. The van der Waals surface area contributed by atoms with Gasteiger partial charge in [-0.05, 0) is 55.3 Å². The summed E-state index contributed by atoms with van der Waals surface area (Å²) in [6.07, 6.45) is 5.63. The lowest BCUT2D eigenvalue weighted by molar-refractivity contribution is -0.114. The highest BCUT2D eigenvalue weighted by Gasteiger charge is 2.16. The number of amides is 2. The molecule has 0 aliphatic heterocycles. The van der Waals surface area contributed by atoms with E-state index in [1.807, 2.05) is 0 Å². The van der Waals surface area contributed by atoms with Crippen LogP contribution < -0.4 is 16.0 Å². The Morgan fingerprint density at radius 1 is 1.00 bits per heavy atom. The third kappa shape index (κ3) is 5.70. The zero-order valence-electron chi connectivity index (χ0n) is 15.4. The van der Waals surface area contributed by atoms with E-state index in [0.29, 0.717) is 16.9 Å². The van der Waals surface area contributed by atoms with E-state index in [-0.39, 0.29) is 29.4 Å². The molecule has 2 aromatic carbocycles. The summed E-state index contributed by atoms with van der Waals surface area (Å²) in [7, 11) is 0. The van der Waals surface area contributed by atoms with Crippen LogP contribution in [0.4, 0.5) is 15.8 Å². The summed E-state index contributed by atoms with van der Waals surface area (Å²) in [5.41, 5.74) is 1.72. The van der Waals surface area contributed by atoms with Crippen molar-refractivity contribution in [2.45, 2.75) is 38.1 Å². The Bertz CT molecular complexity index is 836. The van der Waals surface area contributed by atoms with E-state index in [0.717, 1.165) is 25.7 Å². The van der Waals surface area contributed by atoms with Gasteiger partial charge < -0.3 is 16.0 Å². The molecule has 0 radical (unpaired) electrons. The number of benzene rings is 2. The van der Waals surface area contributed by atoms with E-state index in [9.17, 15) is 14.0 Å². The molecular formula is C21H23ClFN3O2. The van der Waals surface area contributed by atoms with E-state index >= 15 is 0 Å². The summed E-state index contributed by atoms with van der Waals surface area (Å²) in [4.78, 5) is 24.4. The van der Waals surface area contributed by atoms with Crippen molar-refractivity contribution in [3.63, 3.8) is 0 Å². The number of carbonyl (C=O) groups is 2. The third-order valence-electron chi connectivity index (χ3n) is 4.74. The van der Waals surface area contributed by atoms with Crippen molar-refractivity contribution < 1.29 is 14.0 Å². The molecule has 1 aliphatic carbocycles. The smallest absolute Gasteiger partial charge is 0.251 e. The predicted molar refractivity (Wildman–Crippen MR) is 109 cm³/mol. The fourth-order valence-electron chi connectivity index (χ4n) is 3.21. The molecule has 5 nitrogen and oxygen atoms in total. The Morgan fingerprint density at radius 2 is 1.68 bits per heavy atom. The Balaban J connectivity index is 1.48. The van der Waals surface area contributed by atoms with Crippen LogP contribution in [0.2, 0.25) is 5.02 Å². The maximum Gasteiger partial charge on any atom is 0.251 e. The molecule has 3 N–H and O–H groups in total. The zero-order chi connectivity index (χ0) is 19.9. The van der Waals surface area contributed by atoms with Crippen molar-refractivity contribution in [1.29, 1.82) is 0 Å². The van der Waals surface area contributed by atoms with Crippen LogP contribution in [0.3, 0.4) is 0 Å². The molecule has 1 fully saturated rings. The lowest BCUT2D eigenvalue weighted by atomic mass is 9.95. The molecule has 0 bridgehead atoms. The number of rotatable bonds is 6. The van der Waals surface area contributed by atoms with Gasteiger partial charge in [0.2, 0.25) is 5.91 Å². The van der Waals surface area contributed by atoms with Gasteiger partial charge in [-0.1, -0.05) is 30.9 Å². The van der Waals surface area contributed by atoms with Gasteiger partial charge in [0.25, 0.3) is 5.91 Å². The van der Waals surface area contributed by atoms with Crippen LogP contribution in [-0.2, 0) is 4.79 Å². The first-order valence-electron chi connectivity index (χ1n) is 9.41. The zero-order valence-corrected chi connectivity index (χ0v) is 16.2. The summed E-state index contributed by atoms with van der Waals surface area (Å²) in [5.74, 6) is -0.858. The maximum absolute atomic E-state index is 13.1. The molecule has 148 valence electrons. The van der Waals surface area contributed by atoms with Crippen LogP contribution >= 0.6 is 11.6 Å². The summed E-state index contributed by atoms with van der Waals surface area (Å²) >= 11 is 5.71. The highest BCUT2D eigenvalue weighted by atomic mass is 35.5. The van der Waals surface area contributed by atoms with E-state index < -0.39 is 5.82 Å². The molecule has 28 heavy (non-hydrogen) atoms. The lowest BCUT2D eigenvalue weighted by Gasteiger charge is -2.22. The number of hydrogen-bond donors (Lipinski definition) is 3. The summed E-state index contributed by atoms with van der Waals surface area (Å²) in [6.45, 7) is 0.00583. The molecule has 0 aromatic heterocycles. The van der Waals surface area contributed by atoms with Gasteiger partial charge in [-0.15, -0.1) is 0 Å². The summed E-state index contributed by atoms with van der Waals surface area (Å²) < 4.78 is 13.1. The Kier molecular flexibility index (Phi) is 6.87. The van der Waals surface area contributed by atoms with E-state index in [4.69, 9.17) is 11.6 Å². The quantitative estimate of drug-likeness (QED) is 0.660. The van der Waals surface area contributed by atoms with Gasteiger partial charge in [0, 0.05) is 23.0 Å². The number of nitrogens with one attached hydrogen (secondary N) is 3. The second-order valence-corrected chi connectivity index (χ2v) is 7.32. The summed E-state index contributed by atoms with van der Waals surface area (Å²) in [6, 6.07) is 11.2. The molecule has 0 unspecified atom stereocenters. The molecule has 7 heteroatoms. The molecule has 0 spiro atoms. The van der Waals surface area contributed by atoms with Crippen molar-refractivity contribution in [3.8, 4) is 0 Å². The van der Waals surface area contributed by atoms with Crippen LogP contribution in [-0.4, -0.2) is 24.4 Å². The van der Waals surface area contributed by atoms with Crippen molar-refractivity contribution in [3.05, 3.63) is 58.9 Å². The highest BCUT2D eigenvalue weighted by molar-refractivity contribution is 6.31. The van der Waals surface area contributed by atoms with Gasteiger partial charge in [-0.3, -0.25) is 9.59 Å². The topological polar surface area (TPSA) is 70.2 Å². The molecule has 2 aromatic rings. The Labute approximate surface area is 168 Å². The maximum atomic E-state index is 13.1. The van der Waals surface area contributed by atoms with Crippen LogP contribution in [0, 0.1) is 5.82 Å². The van der Waals surface area contributed by atoms with Gasteiger partial charge in [0.1, 0.15) is 5.82 Å². The molecule has 0 saturated heterocycles. The number of halogens is 2. The molecule has 0 atom stereocenters. The van der Waals surface area contributed by atoms with Crippen LogP contribution in [0.15, 0.2) is 42.5 Å². The predicted octanol–water partition coefficient (Wildman–Crippen LogP) is 4.59. The standard InChI is InChI=1S/C21H23ClFN3O2/c22-18-12-17(10-11-19(18)23)24-13-20(27)25-16-8-6-14(7-9-16)21(28)26-15-4-2-1-3-5-15/h6-12,15,24H,1-5,13H2,(H,25,27)(H,26,28). The van der Waals surface area contributed by atoms with E-state index in [2.05, 4.69) is 16.0 Å². The van der Waals surface area contributed by atoms with Crippen molar-refractivity contribution in [1.82, 2.24) is 5.32 Å². The van der Waals surface area contributed by atoms with Crippen LogP contribution in [0.25, 0.3) is 0 Å². The largest absolute Gasteiger partial charge is 0.376 e. The molecule has 0 heterocycles. The first-order valence-corrected chi connectivity index (χ1v) is 9.79. The van der Waals surface area contributed by atoms with Gasteiger partial charge in [-0.25, -0.2) is 4.39 Å². The highest BCUT2D eigenvalue weighted by Crippen LogP contribution is 2.20. The average molecular weight is 404 g/mol. The van der Waals surface area contributed by atoms with Gasteiger partial charge in [0.05, 0.1) is 11.6 Å². The normalized spacial score (nSPS) is 14.4. The van der Waals surface area contributed by atoms with E-state index in [1.54, 1.807) is 24.3 Å². The Morgan fingerprint density at radius 3 is 2.36 bits per heavy atom. The number of anilines is 2. The SMILES string of the molecule is O=C(CNc1ccc(F)c(Cl)c1)Nc1ccc(C(=O)NC2CCCCC2)cc1. The van der Waals surface area contributed by atoms with Gasteiger partial charge in [-0.2, -0.15) is 0 Å². The minimum atomic E-state index is -0.510. The second-order valence-electron chi connectivity index (χ2n) is 6.92. The lowest BCUT2D eigenvalue weighted by Crippen LogP contribution is -2.36. The minimum absolute atomic E-state index is 0.00583. The molecular weight excluding hydrogens is 381 g/mol. The first kappa shape index (κ1) is 20.1. The number of carbonyl (C=O) groups excluding carboxylic acids is 2. The van der Waals surface area contributed by atoms with Gasteiger partial charge >= 0.3 is 0 Å². The first-order chi connectivity index (χ1) is 13.5.